The van der Waals surface area contributed by atoms with Crippen molar-refractivity contribution in [3.63, 3.8) is 0 Å². The first kappa shape index (κ1) is 29.9. The molecule has 0 heterocycles. The van der Waals surface area contributed by atoms with E-state index in [4.69, 9.17) is 14.2 Å². The van der Waals surface area contributed by atoms with Gasteiger partial charge in [0.25, 0.3) is 5.91 Å². The molecule has 0 bridgehead atoms. The number of benzene rings is 1. The first-order valence-electron chi connectivity index (χ1n) is 12.2. The second kappa shape index (κ2) is 15.0. The van der Waals surface area contributed by atoms with Gasteiger partial charge in [0.1, 0.15) is 12.6 Å². The minimum atomic E-state index is -2.17. The molecule has 10 nitrogen and oxygen atoms in total. The van der Waals surface area contributed by atoms with Gasteiger partial charge in [0, 0.05) is 13.2 Å². The minimum absolute atomic E-state index is 0.00727. The van der Waals surface area contributed by atoms with Gasteiger partial charge in [-0.15, -0.1) is 12.6 Å². The van der Waals surface area contributed by atoms with Crippen LogP contribution in [0.4, 0.5) is 4.79 Å². The number of alkyl carbamates (subject to hydrolysis) is 1. The summed E-state index contributed by atoms with van der Waals surface area (Å²) in [6, 6.07) is 7.17. The molecule has 1 saturated carbocycles. The Morgan fingerprint density at radius 2 is 1.75 bits per heavy atom. The number of hydrogen-bond acceptors (Lipinski definition) is 8. The Labute approximate surface area is 218 Å². The highest BCUT2D eigenvalue weighted by atomic mass is 32.1. The molecular formula is C25H39N3O7S. The largest absolute Gasteiger partial charge is 0.447 e. The Balaban J connectivity index is 2.06. The first-order chi connectivity index (χ1) is 17.1. The van der Waals surface area contributed by atoms with Crippen LogP contribution >= 0.6 is 12.6 Å². The summed E-state index contributed by atoms with van der Waals surface area (Å²) < 4.78 is 15.3. The Hall–Kier alpha value is -2.34. The van der Waals surface area contributed by atoms with Crippen LogP contribution in [0.15, 0.2) is 30.3 Å². The van der Waals surface area contributed by atoms with Crippen molar-refractivity contribution in [2.75, 3.05) is 33.5 Å². The Bertz CT molecular complexity index is 834. The number of thiol groups is 1. The molecule has 1 fully saturated rings. The Morgan fingerprint density at radius 1 is 1.08 bits per heavy atom. The van der Waals surface area contributed by atoms with Gasteiger partial charge in [-0.25, -0.2) is 4.79 Å². The van der Waals surface area contributed by atoms with E-state index in [0.29, 0.717) is 19.6 Å². The van der Waals surface area contributed by atoms with Crippen molar-refractivity contribution in [3.8, 4) is 0 Å². The Kier molecular flexibility index (Phi) is 12.5. The highest BCUT2D eigenvalue weighted by Gasteiger charge is 2.44. The van der Waals surface area contributed by atoms with Crippen molar-refractivity contribution in [2.45, 2.75) is 62.6 Å². The maximum atomic E-state index is 13.3. The summed E-state index contributed by atoms with van der Waals surface area (Å²) in [6.45, 7) is 4.85. The number of nitrogens with one attached hydrogen (secondary N) is 3. The molecule has 1 aliphatic rings. The normalized spacial score (nSPS) is 16.5. The highest BCUT2D eigenvalue weighted by molar-refractivity contribution is 7.82. The van der Waals surface area contributed by atoms with Gasteiger partial charge in [-0.1, -0.05) is 44.2 Å². The number of carbonyl (C=O) groups excluding carboxylic acids is 3. The molecule has 0 aliphatic heterocycles. The lowest BCUT2D eigenvalue weighted by Crippen LogP contribution is -2.61. The van der Waals surface area contributed by atoms with E-state index in [1.165, 1.54) is 0 Å². The summed E-state index contributed by atoms with van der Waals surface area (Å²) in [5.74, 6) is -1.15. The summed E-state index contributed by atoms with van der Waals surface area (Å²) >= 11 is 4.27. The van der Waals surface area contributed by atoms with Crippen molar-refractivity contribution in [2.24, 2.45) is 5.92 Å². The molecule has 36 heavy (non-hydrogen) atoms. The van der Waals surface area contributed by atoms with Gasteiger partial charge < -0.3 is 35.3 Å². The van der Waals surface area contributed by atoms with Crippen molar-refractivity contribution >= 4 is 30.5 Å². The predicted octanol–water partition coefficient (Wildman–Crippen LogP) is 1.41. The first-order valence-corrected chi connectivity index (χ1v) is 12.7. The molecule has 0 spiro atoms. The van der Waals surface area contributed by atoms with E-state index in [1.54, 1.807) is 7.11 Å². The molecule has 1 aromatic rings. The van der Waals surface area contributed by atoms with E-state index in [2.05, 4.69) is 28.6 Å². The number of rotatable bonds is 16. The molecule has 1 aromatic carbocycles. The smallest absolute Gasteiger partial charge is 0.407 e. The van der Waals surface area contributed by atoms with Crippen molar-refractivity contribution in [3.05, 3.63) is 35.9 Å². The standard InChI is InChI=1S/C25H39N3O7S/c1-17(2)15-20(27-24(31)35-14-13-34-12-11-33-3)22(29)28-21(16-18-7-5-4-6-8-18)25(32,36)23(30)26-19-9-10-19/h4-8,17,19-21,32,36H,9-16H2,1-3H3,(H,26,30)(H,27,31)(H,28,29)/t20-,21-,25+/m0/s1. The third kappa shape index (κ3) is 10.7. The van der Waals surface area contributed by atoms with Crippen LogP contribution in [0.3, 0.4) is 0 Å². The fourth-order valence-electron chi connectivity index (χ4n) is 3.42. The van der Waals surface area contributed by atoms with Gasteiger partial charge in [-0.2, -0.15) is 0 Å². The minimum Gasteiger partial charge on any atom is -0.447 e. The molecule has 0 radical (unpaired) electrons. The summed E-state index contributed by atoms with van der Waals surface area (Å²) in [7, 11) is 1.56. The van der Waals surface area contributed by atoms with E-state index < -0.39 is 34.9 Å². The third-order valence-corrected chi connectivity index (χ3v) is 6.05. The van der Waals surface area contributed by atoms with Crippen LogP contribution in [-0.4, -0.2) is 79.6 Å². The Morgan fingerprint density at radius 3 is 2.36 bits per heavy atom. The number of aliphatic hydroxyl groups is 1. The topological polar surface area (TPSA) is 135 Å². The molecule has 3 amide bonds. The summed E-state index contributed by atoms with van der Waals surface area (Å²) in [6.07, 6.45) is 1.39. The maximum absolute atomic E-state index is 13.3. The van der Waals surface area contributed by atoms with Crippen LogP contribution in [0.2, 0.25) is 0 Å². The molecular weight excluding hydrogens is 486 g/mol. The highest BCUT2D eigenvalue weighted by Crippen LogP contribution is 2.25. The average Bonchev–Trinajstić information content (AvgIpc) is 3.64. The van der Waals surface area contributed by atoms with Gasteiger partial charge in [-0.05, 0) is 37.2 Å². The summed E-state index contributed by atoms with van der Waals surface area (Å²) in [5.41, 5.74) is 0.802. The van der Waals surface area contributed by atoms with Crippen molar-refractivity contribution in [1.82, 2.24) is 16.0 Å². The fraction of sp³-hybridized carbons (Fsp3) is 0.640. The maximum Gasteiger partial charge on any atom is 0.407 e. The number of carbonyl (C=O) groups is 3. The SMILES string of the molecule is COCCOCCOC(=O)N[C@@H](CC(C)C)C(=O)N[C@@H](Cc1ccccc1)[C@@](O)(S)C(=O)NC1CC1. The van der Waals surface area contributed by atoms with E-state index in [1.807, 2.05) is 44.2 Å². The van der Waals surface area contributed by atoms with E-state index in [9.17, 15) is 19.5 Å². The second-order valence-electron chi connectivity index (χ2n) is 9.29. The molecule has 0 aromatic heterocycles. The molecule has 3 atom stereocenters. The van der Waals surface area contributed by atoms with Gasteiger partial charge in [-0.3, -0.25) is 9.59 Å². The number of hydrogen-bond donors (Lipinski definition) is 5. The summed E-state index contributed by atoms with van der Waals surface area (Å²) in [5, 5.41) is 19.2. The van der Waals surface area contributed by atoms with Crippen LogP contribution < -0.4 is 16.0 Å². The average molecular weight is 526 g/mol. The number of methoxy groups -OCH3 is 1. The fourth-order valence-corrected chi connectivity index (χ4v) is 3.64. The lowest BCUT2D eigenvalue weighted by Gasteiger charge is -2.33. The van der Waals surface area contributed by atoms with Crippen LogP contribution in [-0.2, 0) is 30.2 Å². The summed E-state index contributed by atoms with van der Waals surface area (Å²) in [4.78, 5) is 36.2. The van der Waals surface area contributed by atoms with Crippen LogP contribution in [0.5, 0.6) is 0 Å². The van der Waals surface area contributed by atoms with E-state index in [0.717, 1.165) is 18.4 Å². The molecule has 0 saturated heterocycles. The molecule has 0 unspecified atom stereocenters. The zero-order valence-corrected chi connectivity index (χ0v) is 22.1. The van der Waals surface area contributed by atoms with E-state index in [-0.39, 0.29) is 31.6 Å². The van der Waals surface area contributed by atoms with Crippen LogP contribution in [0.25, 0.3) is 0 Å². The second-order valence-corrected chi connectivity index (χ2v) is 9.97. The molecule has 1 aliphatic carbocycles. The predicted molar refractivity (Wildman–Crippen MR) is 138 cm³/mol. The number of amides is 3. The van der Waals surface area contributed by atoms with Gasteiger partial charge >= 0.3 is 6.09 Å². The van der Waals surface area contributed by atoms with Crippen LogP contribution in [0.1, 0.15) is 38.7 Å². The monoisotopic (exact) mass is 525 g/mol. The van der Waals surface area contributed by atoms with Crippen molar-refractivity contribution in [1.29, 1.82) is 0 Å². The molecule has 11 heteroatoms. The van der Waals surface area contributed by atoms with E-state index >= 15 is 0 Å². The number of ether oxygens (including phenoxy) is 3. The van der Waals surface area contributed by atoms with Crippen molar-refractivity contribution < 1.29 is 33.7 Å². The molecule has 202 valence electrons. The quantitative estimate of drug-likeness (QED) is 0.125. The van der Waals surface area contributed by atoms with Crippen LogP contribution in [0, 0.1) is 5.92 Å². The van der Waals surface area contributed by atoms with Gasteiger partial charge in [0.05, 0.1) is 25.9 Å². The molecule has 2 rings (SSSR count). The lowest BCUT2D eigenvalue weighted by atomic mass is 9.98. The zero-order chi connectivity index (χ0) is 26.6. The van der Waals surface area contributed by atoms with Gasteiger partial charge in [0.15, 0.2) is 0 Å². The molecule has 4 N–H and O–H groups in total. The zero-order valence-electron chi connectivity index (χ0n) is 21.2. The van der Waals surface area contributed by atoms with Gasteiger partial charge in [0.2, 0.25) is 10.8 Å². The lowest BCUT2D eigenvalue weighted by molar-refractivity contribution is -0.135. The third-order valence-electron chi connectivity index (χ3n) is 5.54.